The quantitative estimate of drug-likeness (QED) is 0.445. The summed E-state index contributed by atoms with van der Waals surface area (Å²) in [7, 11) is -2.93. The Balaban J connectivity index is 2.44. The maximum atomic E-state index is 11.7. The number of alkyl halides is 1. The summed E-state index contributed by atoms with van der Waals surface area (Å²) in [6.07, 6.45) is 5.90. The smallest absolute Gasteiger partial charge is 0.161 e. The number of halogens is 1. The van der Waals surface area contributed by atoms with Crippen LogP contribution in [0.15, 0.2) is 12.2 Å². The van der Waals surface area contributed by atoms with Crippen LogP contribution in [-0.2, 0) is 9.84 Å². The van der Waals surface area contributed by atoms with Crippen LogP contribution >= 0.6 is 11.6 Å². The highest BCUT2D eigenvalue weighted by molar-refractivity contribution is 7.93. The van der Waals surface area contributed by atoms with Crippen molar-refractivity contribution < 1.29 is 8.42 Å². The third-order valence-electron chi connectivity index (χ3n) is 2.69. The Morgan fingerprint density at radius 1 is 1.33 bits per heavy atom. The molecule has 0 spiro atoms. The number of hydrogen-bond acceptors (Lipinski definition) is 2. The van der Waals surface area contributed by atoms with Crippen molar-refractivity contribution >= 4 is 21.4 Å². The maximum absolute atomic E-state index is 11.7. The van der Waals surface area contributed by atoms with Gasteiger partial charge in [-0.3, -0.25) is 0 Å². The van der Waals surface area contributed by atoms with Gasteiger partial charge in [0.05, 0.1) is 15.9 Å². The Kier molecular flexibility index (Phi) is 1.96. The first kappa shape index (κ1) is 8.57. The van der Waals surface area contributed by atoms with Crippen molar-refractivity contribution in [3.8, 4) is 0 Å². The summed E-state index contributed by atoms with van der Waals surface area (Å²) in [5, 5.41) is -0.731. The van der Waals surface area contributed by atoms with E-state index in [9.17, 15) is 8.42 Å². The molecule has 68 valence electrons. The van der Waals surface area contributed by atoms with E-state index in [-0.39, 0.29) is 15.9 Å². The number of allylic oxidation sites excluding steroid dienone is 1. The van der Waals surface area contributed by atoms with Crippen molar-refractivity contribution in [1.29, 1.82) is 0 Å². The van der Waals surface area contributed by atoms with Gasteiger partial charge in [0.1, 0.15) is 0 Å². The lowest BCUT2D eigenvalue weighted by molar-refractivity contribution is 0.519. The lowest BCUT2D eigenvalue weighted by Gasteiger charge is -2.33. The van der Waals surface area contributed by atoms with Crippen LogP contribution < -0.4 is 0 Å². The molecule has 1 saturated heterocycles. The zero-order valence-corrected chi connectivity index (χ0v) is 8.18. The van der Waals surface area contributed by atoms with Gasteiger partial charge in [0, 0.05) is 0 Å². The van der Waals surface area contributed by atoms with E-state index in [0.29, 0.717) is 12.8 Å². The molecule has 0 aromatic carbocycles. The van der Waals surface area contributed by atoms with Crippen LogP contribution in [0.4, 0.5) is 0 Å². The normalized spacial score (nSPS) is 44.2. The second kappa shape index (κ2) is 2.74. The standard InChI is InChI=1S/C8H11ClO2S/c9-7-5-4-6-2-1-3-8(7)12(6,10)11/h1-2,6-8H,3-5H2/t6-,7+,8+/m0/s1. The summed E-state index contributed by atoms with van der Waals surface area (Å²) < 4.78 is 23.3. The number of rotatable bonds is 0. The molecule has 4 heteroatoms. The number of hydrogen-bond donors (Lipinski definition) is 0. The monoisotopic (exact) mass is 206 g/mol. The minimum absolute atomic E-state index is 0.170. The van der Waals surface area contributed by atoms with Crippen molar-refractivity contribution in [2.24, 2.45) is 0 Å². The van der Waals surface area contributed by atoms with Crippen LogP contribution in [0.25, 0.3) is 0 Å². The summed E-state index contributed by atoms with van der Waals surface area (Å²) >= 11 is 5.95. The van der Waals surface area contributed by atoms with Gasteiger partial charge in [-0.1, -0.05) is 12.2 Å². The largest absolute Gasteiger partial charge is 0.228 e. The summed E-state index contributed by atoms with van der Waals surface area (Å²) in [5.74, 6) is 0. The highest BCUT2D eigenvalue weighted by atomic mass is 35.5. The molecule has 0 aromatic heterocycles. The summed E-state index contributed by atoms with van der Waals surface area (Å²) in [5.41, 5.74) is 0. The van der Waals surface area contributed by atoms with E-state index in [0.717, 1.165) is 6.42 Å². The van der Waals surface area contributed by atoms with Crippen LogP contribution in [0.3, 0.4) is 0 Å². The maximum Gasteiger partial charge on any atom is 0.161 e. The van der Waals surface area contributed by atoms with Crippen molar-refractivity contribution in [2.45, 2.75) is 35.1 Å². The van der Waals surface area contributed by atoms with Crippen molar-refractivity contribution in [3.63, 3.8) is 0 Å². The van der Waals surface area contributed by atoms with Gasteiger partial charge in [0.2, 0.25) is 0 Å². The molecule has 0 aromatic rings. The van der Waals surface area contributed by atoms with E-state index in [4.69, 9.17) is 11.6 Å². The Morgan fingerprint density at radius 2 is 2.08 bits per heavy atom. The lowest BCUT2D eigenvalue weighted by Crippen LogP contribution is -2.43. The summed E-state index contributed by atoms with van der Waals surface area (Å²) in [4.78, 5) is 0. The van der Waals surface area contributed by atoms with Gasteiger partial charge in [-0.05, 0) is 19.3 Å². The Hall–Kier alpha value is -0.0200. The average Bonchev–Trinajstić information content (AvgIpc) is 1.95. The van der Waals surface area contributed by atoms with Crippen molar-refractivity contribution in [1.82, 2.24) is 0 Å². The third kappa shape index (κ3) is 1.11. The topological polar surface area (TPSA) is 34.1 Å². The first-order valence-corrected chi connectivity index (χ1v) is 6.20. The van der Waals surface area contributed by atoms with E-state index >= 15 is 0 Å². The van der Waals surface area contributed by atoms with Crippen molar-refractivity contribution in [3.05, 3.63) is 12.2 Å². The fraction of sp³-hybridized carbons (Fsp3) is 0.750. The Morgan fingerprint density at radius 3 is 2.75 bits per heavy atom. The average molecular weight is 207 g/mol. The van der Waals surface area contributed by atoms with Crippen LogP contribution in [0.1, 0.15) is 19.3 Å². The summed E-state index contributed by atoms with van der Waals surface area (Å²) in [6.45, 7) is 0. The van der Waals surface area contributed by atoms with Gasteiger partial charge in [-0.2, -0.15) is 0 Å². The summed E-state index contributed by atoms with van der Waals surface area (Å²) in [6, 6.07) is 0. The molecule has 2 aliphatic rings. The fourth-order valence-electron chi connectivity index (χ4n) is 1.96. The predicted molar refractivity (Wildman–Crippen MR) is 49.1 cm³/mol. The highest BCUT2D eigenvalue weighted by Gasteiger charge is 2.42. The second-order valence-electron chi connectivity index (χ2n) is 3.42. The van der Waals surface area contributed by atoms with Crippen molar-refractivity contribution in [2.75, 3.05) is 0 Å². The predicted octanol–water partition coefficient (Wildman–Crippen LogP) is 1.50. The van der Waals surface area contributed by atoms with E-state index in [1.807, 2.05) is 12.2 Å². The molecule has 2 aliphatic heterocycles. The molecule has 0 unspecified atom stereocenters. The zero-order valence-electron chi connectivity index (χ0n) is 6.61. The molecule has 0 aliphatic carbocycles. The molecule has 0 amide bonds. The third-order valence-corrected chi connectivity index (χ3v) is 5.97. The van der Waals surface area contributed by atoms with Gasteiger partial charge < -0.3 is 0 Å². The molecule has 0 saturated carbocycles. The Labute approximate surface area is 77.5 Å². The van der Waals surface area contributed by atoms with E-state index in [1.54, 1.807) is 0 Å². The van der Waals surface area contributed by atoms with E-state index < -0.39 is 9.84 Å². The Bertz CT molecular complexity index is 307. The van der Waals surface area contributed by atoms with Crippen LogP contribution in [-0.4, -0.2) is 24.3 Å². The molecular formula is C8H11ClO2S. The fourth-order valence-corrected chi connectivity index (χ4v) is 4.79. The molecule has 0 radical (unpaired) electrons. The molecule has 2 heterocycles. The number of sulfone groups is 1. The van der Waals surface area contributed by atoms with Crippen LogP contribution in [0.2, 0.25) is 0 Å². The lowest BCUT2D eigenvalue weighted by atomic mass is 10.0. The SMILES string of the molecule is O=S1(=O)[C@@H]2CC=C[C@H]1CC[C@H]2Cl. The first-order valence-electron chi connectivity index (χ1n) is 4.16. The molecule has 1 fully saturated rings. The van der Waals surface area contributed by atoms with Crippen LogP contribution in [0.5, 0.6) is 0 Å². The second-order valence-corrected chi connectivity index (χ2v) is 6.37. The first-order chi connectivity index (χ1) is 5.62. The van der Waals surface area contributed by atoms with Gasteiger partial charge in [-0.25, -0.2) is 8.42 Å². The molecule has 3 atom stereocenters. The van der Waals surface area contributed by atoms with Crippen LogP contribution in [0, 0.1) is 0 Å². The molecule has 2 nitrogen and oxygen atoms in total. The molecule has 2 rings (SSSR count). The molecule has 12 heavy (non-hydrogen) atoms. The van der Waals surface area contributed by atoms with Gasteiger partial charge in [0.25, 0.3) is 0 Å². The highest BCUT2D eigenvalue weighted by Crippen LogP contribution is 2.35. The minimum Gasteiger partial charge on any atom is -0.228 e. The minimum atomic E-state index is -2.93. The number of fused-ring (bicyclic) bond motifs is 2. The van der Waals surface area contributed by atoms with Gasteiger partial charge >= 0.3 is 0 Å². The van der Waals surface area contributed by atoms with Gasteiger partial charge in [-0.15, -0.1) is 11.6 Å². The van der Waals surface area contributed by atoms with E-state index in [1.165, 1.54) is 0 Å². The molecule has 0 N–H and O–H groups in total. The molecule has 2 bridgehead atoms. The van der Waals surface area contributed by atoms with E-state index in [2.05, 4.69) is 0 Å². The zero-order chi connectivity index (χ0) is 8.77. The molecular weight excluding hydrogens is 196 g/mol. The van der Waals surface area contributed by atoms with Gasteiger partial charge in [0.15, 0.2) is 9.84 Å².